The monoisotopic (exact) mass is 381 g/mol. The van der Waals surface area contributed by atoms with E-state index < -0.39 is 17.2 Å². The molecule has 3 rings (SSSR count). The van der Waals surface area contributed by atoms with Crippen molar-refractivity contribution in [2.75, 3.05) is 0 Å². The molecule has 3 aromatic rings. The van der Waals surface area contributed by atoms with Crippen LogP contribution >= 0.6 is 0 Å². The van der Waals surface area contributed by atoms with Crippen LogP contribution in [0, 0.1) is 6.92 Å². The Kier molecular flexibility index (Phi) is 4.71. The van der Waals surface area contributed by atoms with Gasteiger partial charge in [0.05, 0.1) is 10.9 Å². The van der Waals surface area contributed by atoms with Gasteiger partial charge < -0.3 is 4.74 Å². The lowest BCUT2D eigenvalue weighted by atomic mass is 9.86. The van der Waals surface area contributed by atoms with Crippen LogP contribution in [-0.2, 0) is 19.5 Å². The van der Waals surface area contributed by atoms with Gasteiger partial charge in [-0.2, -0.15) is 0 Å². The molecule has 0 saturated heterocycles. The van der Waals surface area contributed by atoms with Crippen LogP contribution in [0.3, 0.4) is 0 Å². The molecule has 2 heterocycles. The summed E-state index contributed by atoms with van der Waals surface area (Å²) in [6.07, 6.45) is 1.31. The second-order valence-electron chi connectivity index (χ2n) is 7.92. The molecule has 0 aliphatic rings. The summed E-state index contributed by atoms with van der Waals surface area (Å²) in [4.78, 5) is 41.1. The quantitative estimate of drug-likeness (QED) is 0.503. The van der Waals surface area contributed by atoms with Gasteiger partial charge in [0.25, 0.3) is 5.56 Å². The van der Waals surface area contributed by atoms with Crippen molar-refractivity contribution in [1.29, 1.82) is 0 Å². The minimum Gasteiger partial charge on any atom is -0.423 e. The Balaban J connectivity index is 1.99. The Bertz CT molecular complexity index is 1210. The first-order chi connectivity index (χ1) is 13.0. The number of fused-ring (bicyclic) bond motifs is 1. The molecule has 0 bridgehead atoms. The molecule has 0 radical (unpaired) electrons. The fourth-order valence-corrected chi connectivity index (χ4v) is 2.97. The Hall–Kier alpha value is -3.22. The summed E-state index contributed by atoms with van der Waals surface area (Å²) >= 11 is 0. The molecule has 1 aromatic carbocycles. The molecule has 7 heteroatoms. The number of rotatable bonds is 2. The Labute approximate surface area is 162 Å². The van der Waals surface area contributed by atoms with E-state index in [0.29, 0.717) is 5.75 Å². The van der Waals surface area contributed by atoms with Crippen LogP contribution in [0.15, 0.2) is 40.1 Å². The standard InChI is InChI=1S/C21H23N3O4/c1-12-9-14(21(2,3)4)7-8-16(12)28-19(26)13-10-15-17(22-11-13)23(5)20(27)24(6)18(15)25/h7-11H,1-6H3. The average Bonchev–Trinajstić information content (AvgIpc) is 2.64. The van der Waals surface area contributed by atoms with E-state index in [4.69, 9.17) is 4.74 Å². The zero-order chi connectivity index (χ0) is 20.8. The summed E-state index contributed by atoms with van der Waals surface area (Å²) < 4.78 is 7.76. The fourth-order valence-electron chi connectivity index (χ4n) is 2.97. The smallest absolute Gasteiger partial charge is 0.345 e. The van der Waals surface area contributed by atoms with E-state index >= 15 is 0 Å². The third-order valence-electron chi connectivity index (χ3n) is 4.77. The van der Waals surface area contributed by atoms with Gasteiger partial charge in [0, 0.05) is 20.3 Å². The maximum Gasteiger partial charge on any atom is 0.345 e. The van der Waals surface area contributed by atoms with Crippen LogP contribution in [0.1, 0.15) is 42.3 Å². The summed E-state index contributed by atoms with van der Waals surface area (Å²) in [6, 6.07) is 7.10. The van der Waals surface area contributed by atoms with E-state index in [1.54, 1.807) is 6.07 Å². The lowest BCUT2D eigenvalue weighted by Gasteiger charge is -2.20. The molecule has 0 amide bonds. The first-order valence-electron chi connectivity index (χ1n) is 8.90. The zero-order valence-corrected chi connectivity index (χ0v) is 16.9. The van der Waals surface area contributed by atoms with Crippen LogP contribution in [0.2, 0.25) is 0 Å². The highest BCUT2D eigenvalue weighted by Crippen LogP contribution is 2.28. The minimum atomic E-state index is -0.614. The highest BCUT2D eigenvalue weighted by Gasteiger charge is 2.18. The molecule has 28 heavy (non-hydrogen) atoms. The second kappa shape index (κ2) is 6.74. The van der Waals surface area contributed by atoms with E-state index in [-0.39, 0.29) is 22.0 Å². The van der Waals surface area contributed by atoms with Crippen LogP contribution in [-0.4, -0.2) is 20.1 Å². The summed E-state index contributed by atoms with van der Waals surface area (Å²) in [5.41, 5.74) is 1.35. The maximum absolute atomic E-state index is 12.6. The largest absolute Gasteiger partial charge is 0.423 e. The van der Waals surface area contributed by atoms with Crippen molar-refractivity contribution < 1.29 is 9.53 Å². The van der Waals surface area contributed by atoms with Gasteiger partial charge in [-0.05, 0) is 35.6 Å². The third-order valence-corrected chi connectivity index (χ3v) is 4.77. The molecular formula is C21H23N3O4. The molecule has 2 aromatic heterocycles. The number of carbonyl (C=O) groups excluding carboxylic acids is 1. The van der Waals surface area contributed by atoms with Crippen molar-refractivity contribution in [2.45, 2.75) is 33.1 Å². The number of hydrogen-bond acceptors (Lipinski definition) is 5. The molecular weight excluding hydrogens is 358 g/mol. The maximum atomic E-state index is 12.6. The molecule has 0 saturated carbocycles. The van der Waals surface area contributed by atoms with Gasteiger partial charge >= 0.3 is 11.7 Å². The van der Waals surface area contributed by atoms with Crippen molar-refractivity contribution in [3.05, 3.63) is 68.0 Å². The molecule has 0 aliphatic carbocycles. The van der Waals surface area contributed by atoms with E-state index in [9.17, 15) is 14.4 Å². The second-order valence-corrected chi connectivity index (χ2v) is 7.92. The predicted octanol–water partition coefficient (Wildman–Crippen LogP) is 2.46. The van der Waals surface area contributed by atoms with Gasteiger partial charge in [0.1, 0.15) is 11.4 Å². The van der Waals surface area contributed by atoms with E-state index in [1.807, 2.05) is 19.1 Å². The van der Waals surface area contributed by atoms with Crippen LogP contribution in [0.25, 0.3) is 11.0 Å². The summed E-state index contributed by atoms with van der Waals surface area (Å²) in [7, 11) is 2.91. The van der Waals surface area contributed by atoms with E-state index in [0.717, 1.165) is 15.7 Å². The zero-order valence-electron chi connectivity index (χ0n) is 16.9. The lowest BCUT2D eigenvalue weighted by Crippen LogP contribution is -2.37. The normalized spacial score (nSPS) is 11.6. The van der Waals surface area contributed by atoms with Gasteiger partial charge in [0.15, 0.2) is 0 Å². The highest BCUT2D eigenvalue weighted by molar-refractivity contribution is 5.94. The molecule has 0 spiro atoms. The number of carbonyl (C=O) groups is 1. The lowest BCUT2D eigenvalue weighted by molar-refractivity contribution is 0.0733. The number of aryl methyl sites for hydroxylation is 2. The van der Waals surface area contributed by atoms with Gasteiger partial charge in [-0.3, -0.25) is 13.9 Å². The minimum absolute atomic E-state index is 0.00837. The number of aromatic nitrogens is 3. The summed E-state index contributed by atoms with van der Waals surface area (Å²) in [6.45, 7) is 8.22. The van der Waals surface area contributed by atoms with Gasteiger partial charge in [-0.25, -0.2) is 14.6 Å². The van der Waals surface area contributed by atoms with Crippen molar-refractivity contribution in [3.8, 4) is 5.75 Å². The number of hydrogen-bond donors (Lipinski definition) is 0. The molecule has 0 N–H and O–H groups in total. The Morgan fingerprint density at radius 1 is 1.07 bits per heavy atom. The molecule has 146 valence electrons. The average molecular weight is 381 g/mol. The topological polar surface area (TPSA) is 83.2 Å². The van der Waals surface area contributed by atoms with Crippen molar-refractivity contribution in [2.24, 2.45) is 14.1 Å². The van der Waals surface area contributed by atoms with Gasteiger partial charge in [0.2, 0.25) is 0 Å². The van der Waals surface area contributed by atoms with Crippen LogP contribution < -0.4 is 16.0 Å². The molecule has 0 fully saturated rings. The Morgan fingerprint density at radius 3 is 2.36 bits per heavy atom. The van der Waals surface area contributed by atoms with Crippen LogP contribution in [0.4, 0.5) is 0 Å². The first kappa shape index (κ1) is 19.5. The molecule has 0 unspecified atom stereocenters. The number of benzene rings is 1. The van der Waals surface area contributed by atoms with Crippen LogP contribution in [0.5, 0.6) is 5.75 Å². The predicted molar refractivity (Wildman–Crippen MR) is 107 cm³/mol. The molecule has 0 aliphatic heterocycles. The highest BCUT2D eigenvalue weighted by atomic mass is 16.5. The summed E-state index contributed by atoms with van der Waals surface area (Å²) in [5.74, 6) is -0.164. The first-order valence-corrected chi connectivity index (χ1v) is 8.90. The van der Waals surface area contributed by atoms with Crippen molar-refractivity contribution >= 4 is 17.0 Å². The van der Waals surface area contributed by atoms with Gasteiger partial charge in [-0.15, -0.1) is 0 Å². The van der Waals surface area contributed by atoms with Crippen molar-refractivity contribution in [1.82, 2.24) is 14.1 Å². The summed E-state index contributed by atoms with van der Waals surface area (Å²) in [5, 5.41) is 0.179. The number of ether oxygens (including phenoxy) is 1. The van der Waals surface area contributed by atoms with Gasteiger partial charge in [-0.1, -0.05) is 32.9 Å². The fraction of sp³-hybridized carbons (Fsp3) is 0.333. The van der Waals surface area contributed by atoms with E-state index in [2.05, 4.69) is 25.8 Å². The third kappa shape index (κ3) is 3.35. The van der Waals surface area contributed by atoms with E-state index in [1.165, 1.54) is 30.9 Å². The van der Waals surface area contributed by atoms with Crippen molar-refractivity contribution in [3.63, 3.8) is 0 Å². The number of nitrogens with zero attached hydrogens (tertiary/aromatic N) is 3. The Morgan fingerprint density at radius 2 is 1.75 bits per heavy atom. The molecule has 7 nitrogen and oxygen atoms in total. The SMILES string of the molecule is Cc1cc(C(C)(C)C)ccc1OC(=O)c1cnc2c(c1)c(=O)n(C)c(=O)n2C. The number of pyridine rings is 1. The molecule has 0 atom stereocenters. The number of esters is 1.